The number of carbonyl (C=O) groups excluding carboxylic acids is 1. The standard InChI is InChI=1S/C23H20Cl2N2O4.Li.H/c1-2-14-3-5-16(26-13-14)9-10-31-17-6-8-21(19(12-17)23(29)30)27-22(28)18-7-4-15(24)11-20(18)25;;/h3-8,11-13H,2,9-10H2,1H3,(H,27,28)(H,29,30);;/q;+1;-1. The summed E-state index contributed by atoms with van der Waals surface area (Å²) in [4.78, 5) is 28.6. The van der Waals surface area contributed by atoms with Gasteiger partial charge in [0, 0.05) is 23.3 Å². The van der Waals surface area contributed by atoms with Crippen molar-refractivity contribution in [1.82, 2.24) is 4.98 Å². The Labute approximate surface area is 209 Å². The van der Waals surface area contributed by atoms with Gasteiger partial charge in [0.05, 0.1) is 28.4 Å². The molecule has 32 heavy (non-hydrogen) atoms. The molecule has 6 nitrogen and oxygen atoms in total. The van der Waals surface area contributed by atoms with E-state index >= 15 is 0 Å². The van der Waals surface area contributed by atoms with Gasteiger partial charge in [0.15, 0.2) is 0 Å². The van der Waals surface area contributed by atoms with Gasteiger partial charge >= 0.3 is 24.8 Å². The van der Waals surface area contributed by atoms with Crippen LogP contribution in [-0.2, 0) is 12.8 Å². The number of aryl methyl sites for hydroxylation is 1. The Bertz CT molecular complexity index is 1110. The van der Waals surface area contributed by atoms with Crippen LogP contribution in [0.3, 0.4) is 0 Å². The van der Waals surface area contributed by atoms with Gasteiger partial charge in [-0.25, -0.2) is 4.79 Å². The molecule has 3 rings (SSSR count). The molecule has 0 spiro atoms. The van der Waals surface area contributed by atoms with E-state index < -0.39 is 11.9 Å². The largest absolute Gasteiger partial charge is 1.00 e. The Morgan fingerprint density at radius 3 is 2.50 bits per heavy atom. The number of aromatic carboxylic acids is 1. The van der Waals surface area contributed by atoms with E-state index in [0.717, 1.165) is 17.7 Å². The predicted octanol–water partition coefficient (Wildman–Crippen LogP) is 2.64. The third-order valence-electron chi connectivity index (χ3n) is 4.57. The van der Waals surface area contributed by atoms with Crippen LogP contribution in [0, 0.1) is 0 Å². The quantitative estimate of drug-likeness (QED) is 0.498. The number of amides is 1. The number of nitrogens with zero attached hydrogens (tertiary/aromatic N) is 1. The first-order valence-electron chi connectivity index (χ1n) is 9.57. The maximum Gasteiger partial charge on any atom is 1.00 e. The van der Waals surface area contributed by atoms with E-state index in [1.54, 1.807) is 6.07 Å². The van der Waals surface area contributed by atoms with E-state index in [2.05, 4.69) is 17.2 Å². The molecule has 9 heteroatoms. The van der Waals surface area contributed by atoms with Crippen LogP contribution in [-0.4, -0.2) is 28.6 Å². The summed E-state index contributed by atoms with van der Waals surface area (Å²) >= 11 is 11.9. The molecule has 1 amide bonds. The molecule has 1 heterocycles. The molecular weight excluding hydrogens is 446 g/mol. The first-order valence-corrected chi connectivity index (χ1v) is 10.3. The number of anilines is 1. The zero-order valence-electron chi connectivity index (χ0n) is 18.7. The molecule has 0 saturated heterocycles. The van der Waals surface area contributed by atoms with Crippen molar-refractivity contribution in [3.63, 3.8) is 0 Å². The maximum absolute atomic E-state index is 12.5. The van der Waals surface area contributed by atoms with Gasteiger partial charge in [0.2, 0.25) is 0 Å². The second-order valence-electron chi connectivity index (χ2n) is 6.70. The van der Waals surface area contributed by atoms with E-state index in [0.29, 0.717) is 23.8 Å². The number of pyridine rings is 1. The molecule has 162 valence electrons. The van der Waals surface area contributed by atoms with Crippen molar-refractivity contribution in [3.8, 4) is 5.75 Å². The minimum atomic E-state index is -1.19. The number of ether oxygens (including phenoxy) is 1. The summed E-state index contributed by atoms with van der Waals surface area (Å²) in [6.07, 6.45) is 3.34. The summed E-state index contributed by atoms with van der Waals surface area (Å²) in [6, 6.07) is 12.9. The number of aromatic nitrogens is 1. The van der Waals surface area contributed by atoms with Crippen molar-refractivity contribution in [1.29, 1.82) is 0 Å². The van der Waals surface area contributed by atoms with Crippen LogP contribution in [0.25, 0.3) is 0 Å². The van der Waals surface area contributed by atoms with Crippen molar-refractivity contribution >= 4 is 40.8 Å². The van der Waals surface area contributed by atoms with Crippen molar-refractivity contribution in [2.45, 2.75) is 19.8 Å². The summed E-state index contributed by atoms with van der Waals surface area (Å²) in [6.45, 7) is 2.40. The third-order valence-corrected chi connectivity index (χ3v) is 5.11. The van der Waals surface area contributed by atoms with E-state index in [1.807, 2.05) is 18.3 Å². The zero-order valence-corrected chi connectivity index (χ0v) is 19.2. The van der Waals surface area contributed by atoms with Crippen LogP contribution < -0.4 is 28.9 Å². The molecule has 2 aromatic carbocycles. The number of carbonyl (C=O) groups is 2. The van der Waals surface area contributed by atoms with Crippen LogP contribution in [0.15, 0.2) is 54.7 Å². The van der Waals surface area contributed by atoms with Crippen molar-refractivity contribution in [2.24, 2.45) is 0 Å². The van der Waals surface area contributed by atoms with E-state index in [-0.39, 0.29) is 42.1 Å². The Morgan fingerprint density at radius 1 is 1.09 bits per heavy atom. The van der Waals surface area contributed by atoms with Gasteiger partial charge in [0.1, 0.15) is 5.75 Å². The van der Waals surface area contributed by atoms with Crippen LogP contribution >= 0.6 is 23.2 Å². The van der Waals surface area contributed by atoms with Crippen LogP contribution in [0.1, 0.15) is 40.3 Å². The summed E-state index contributed by atoms with van der Waals surface area (Å²) in [5.41, 5.74) is 2.27. The molecule has 0 aliphatic rings. The molecular formula is C23H21Cl2LiN2O4. The number of hydrogen-bond donors (Lipinski definition) is 2. The topological polar surface area (TPSA) is 88.5 Å². The zero-order chi connectivity index (χ0) is 22.4. The Kier molecular flexibility index (Phi) is 9.61. The molecule has 0 atom stereocenters. The summed E-state index contributed by atoms with van der Waals surface area (Å²) in [5.74, 6) is -1.36. The molecule has 0 aliphatic carbocycles. The number of carboxylic acid groups (broad SMARTS) is 1. The number of carboxylic acids is 1. The van der Waals surface area contributed by atoms with Gasteiger partial charge in [-0.15, -0.1) is 0 Å². The van der Waals surface area contributed by atoms with Crippen LogP contribution in [0.2, 0.25) is 10.0 Å². The van der Waals surface area contributed by atoms with Gasteiger partial charge in [-0.3, -0.25) is 9.78 Å². The fourth-order valence-electron chi connectivity index (χ4n) is 2.85. The van der Waals surface area contributed by atoms with Gasteiger partial charge < -0.3 is 16.6 Å². The fraction of sp³-hybridized carbons (Fsp3) is 0.174. The number of nitrogens with one attached hydrogen (secondary N) is 1. The van der Waals surface area contributed by atoms with Crippen LogP contribution in [0.4, 0.5) is 5.69 Å². The van der Waals surface area contributed by atoms with Crippen molar-refractivity contribution in [3.05, 3.63) is 87.2 Å². The Morgan fingerprint density at radius 2 is 1.88 bits per heavy atom. The van der Waals surface area contributed by atoms with E-state index in [4.69, 9.17) is 27.9 Å². The second-order valence-corrected chi connectivity index (χ2v) is 7.54. The number of rotatable bonds is 8. The number of benzene rings is 2. The molecule has 0 saturated carbocycles. The Balaban J connectivity index is 0.00000272. The summed E-state index contributed by atoms with van der Waals surface area (Å²) in [5, 5.41) is 12.7. The maximum atomic E-state index is 12.5. The number of hydrogen-bond acceptors (Lipinski definition) is 4. The van der Waals surface area contributed by atoms with Gasteiger partial charge in [-0.2, -0.15) is 0 Å². The first-order chi connectivity index (χ1) is 14.9. The third kappa shape index (κ3) is 6.75. The molecule has 0 bridgehead atoms. The molecule has 3 aromatic rings. The first kappa shape index (κ1) is 25.8. The normalized spacial score (nSPS) is 10.2. The van der Waals surface area contributed by atoms with Crippen LogP contribution in [0.5, 0.6) is 5.75 Å². The second kappa shape index (κ2) is 11.9. The van der Waals surface area contributed by atoms with E-state index in [9.17, 15) is 14.7 Å². The molecule has 0 fully saturated rings. The summed E-state index contributed by atoms with van der Waals surface area (Å²) < 4.78 is 5.68. The minimum absolute atomic E-state index is 0. The predicted molar refractivity (Wildman–Crippen MR) is 122 cm³/mol. The van der Waals surface area contributed by atoms with Gasteiger partial charge in [-0.05, 0) is 54.4 Å². The Hall–Kier alpha value is -2.49. The smallest absolute Gasteiger partial charge is 1.00 e. The van der Waals surface area contributed by atoms with Crippen molar-refractivity contribution in [2.75, 3.05) is 11.9 Å². The SMILES string of the molecule is CCc1ccc(CCOc2ccc(NC(=O)c3ccc(Cl)cc3Cl)c(C(=O)O)c2)nc1.[H-].[Li+]. The molecule has 1 aromatic heterocycles. The molecule has 0 unspecified atom stereocenters. The molecule has 2 N–H and O–H groups in total. The van der Waals surface area contributed by atoms with E-state index in [1.165, 1.54) is 30.3 Å². The minimum Gasteiger partial charge on any atom is -1.00 e. The average Bonchev–Trinajstić information content (AvgIpc) is 2.75. The van der Waals surface area contributed by atoms with Gasteiger partial charge in [0.25, 0.3) is 5.91 Å². The summed E-state index contributed by atoms with van der Waals surface area (Å²) in [7, 11) is 0. The molecule has 0 aliphatic heterocycles. The average molecular weight is 467 g/mol. The molecule has 0 radical (unpaired) electrons. The fourth-order valence-corrected chi connectivity index (χ4v) is 3.34. The van der Waals surface area contributed by atoms with Crippen molar-refractivity contribution < 1.29 is 39.7 Å². The number of halogens is 2. The van der Waals surface area contributed by atoms with Gasteiger partial charge in [-0.1, -0.05) is 36.2 Å². The monoisotopic (exact) mass is 466 g/mol.